The Balaban J connectivity index is 3.20. The van der Waals surface area contributed by atoms with Gasteiger partial charge < -0.3 is 28.8 Å². The summed E-state index contributed by atoms with van der Waals surface area (Å²) in [5.74, 6) is -1.32. The van der Waals surface area contributed by atoms with E-state index in [2.05, 4.69) is 4.74 Å². The molecular weight excluding hydrogens is 372 g/mol. The molecule has 0 aromatic heterocycles. The summed E-state index contributed by atoms with van der Waals surface area (Å²) in [7, 11) is 4.91. The van der Waals surface area contributed by atoms with Crippen molar-refractivity contribution < 1.29 is 43.2 Å². The summed E-state index contributed by atoms with van der Waals surface area (Å²) in [6.07, 6.45) is 1.93. The summed E-state index contributed by atoms with van der Waals surface area (Å²) in [5, 5.41) is 9.62. The van der Waals surface area contributed by atoms with Crippen LogP contribution in [0.2, 0.25) is 0 Å². The highest BCUT2D eigenvalue weighted by Crippen LogP contribution is 2.35. The van der Waals surface area contributed by atoms with Crippen LogP contribution < -0.4 is 4.74 Å². The van der Waals surface area contributed by atoms with Crippen LogP contribution in [-0.4, -0.2) is 58.2 Å². The van der Waals surface area contributed by atoms with E-state index in [0.29, 0.717) is 11.3 Å². The number of rotatable bonds is 9. The van der Waals surface area contributed by atoms with Crippen LogP contribution in [-0.2, 0) is 35.0 Å². The molecule has 0 unspecified atom stereocenters. The van der Waals surface area contributed by atoms with E-state index in [0.717, 1.165) is 14.2 Å². The maximum absolute atomic E-state index is 12.6. The Labute approximate surface area is 162 Å². The van der Waals surface area contributed by atoms with Gasteiger partial charge in [-0.25, -0.2) is 4.79 Å². The van der Waals surface area contributed by atoms with Gasteiger partial charge in [0, 0.05) is 12.5 Å². The third-order valence-corrected chi connectivity index (χ3v) is 4.01. The average Bonchev–Trinajstić information content (AvgIpc) is 2.71. The second kappa shape index (κ2) is 10.8. The van der Waals surface area contributed by atoms with Gasteiger partial charge in [0.2, 0.25) is 0 Å². The molecule has 0 saturated heterocycles. The number of carbonyl (C=O) groups is 3. The predicted molar refractivity (Wildman–Crippen MR) is 96.9 cm³/mol. The highest BCUT2D eigenvalue weighted by atomic mass is 16.7. The number of allylic oxidation sites excluding steroid dienone is 1. The third kappa shape index (κ3) is 5.63. The summed E-state index contributed by atoms with van der Waals surface area (Å²) >= 11 is 0. The molecule has 28 heavy (non-hydrogen) atoms. The first-order valence-electron chi connectivity index (χ1n) is 8.23. The van der Waals surface area contributed by atoms with Crippen molar-refractivity contribution >= 4 is 18.1 Å². The number of carbonyl (C=O) groups excluding carboxylic acids is 3. The number of methoxy groups -OCH3 is 4. The summed E-state index contributed by atoms with van der Waals surface area (Å²) in [6, 6.07) is 4.32. The molecule has 1 N–H and O–H groups in total. The third-order valence-electron chi connectivity index (χ3n) is 4.01. The van der Waals surface area contributed by atoms with E-state index in [1.54, 1.807) is 6.07 Å². The molecule has 0 saturated carbocycles. The number of ether oxygens (including phenoxy) is 5. The molecule has 9 heteroatoms. The molecule has 154 valence electrons. The first-order valence-corrected chi connectivity index (χ1v) is 8.23. The van der Waals surface area contributed by atoms with E-state index in [1.165, 1.54) is 38.5 Å². The molecule has 1 aromatic carbocycles. The largest absolute Gasteiger partial charge is 0.508 e. The van der Waals surface area contributed by atoms with Gasteiger partial charge >= 0.3 is 18.1 Å². The summed E-state index contributed by atoms with van der Waals surface area (Å²) in [5.41, 5.74) is -1.20. The number of phenolic OH excluding ortho intramolecular Hbond substituents is 1. The van der Waals surface area contributed by atoms with Crippen molar-refractivity contribution in [3.8, 4) is 11.5 Å². The predicted octanol–water partition coefficient (Wildman–Crippen LogP) is 2.00. The first-order chi connectivity index (χ1) is 13.3. The minimum atomic E-state index is -1.70. The van der Waals surface area contributed by atoms with E-state index >= 15 is 0 Å². The van der Waals surface area contributed by atoms with E-state index in [1.807, 2.05) is 0 Å². The molecule has 9 nitrogen and oxygen atoms in total. The Bertz CT molecular complexity index is 708. The minimum absolute atomic E-state index is 0.0257. The molecule has 0 amide bonds. The van der Waals surface area contributed by atoms with E-state index < -0.39 is 23.5 Å². The zero-order valence-corrected chi connectivity index (χ0v) is 16.2. The van der Waals surface area contributed by atoms with Crippen molar-refractivity contribution in [2.24, 2.45) is 5.41 Å². The van der Waals surface area contributed by atoms with Crippen LogP contribution in [0.5, 0.6) is 11.5 Å². The molecule has 0 radical (unpaired) electrons. The fourth-order valence-corrected chi connectivity index (χ4v) is 2.59. The minimum Gasteiger partial charge on any atom is -0.508 e. The summed E-state index contributed by atoms with van der Waals surface area (Å²) in [6.45, 7) is -0.104. The van der Waals surface area contributed by atoms with Crippen LogP contribution in [0.4, 0.5) is 4.79 Å². The van der Waals surface area contributed by atoms with Crippen LogP contribution in [0, 0.1) is 5.41 Å². The molecule has 1 rings (SSSR count). The molecule has 0 bridgehead atoms. The molecule has 0 aliphatic carbocycles. The fraction of sp³-hybridized carbons (Fsp3) is 0.421. The lowest BCUT2D eigenvalue weighted by atomic mass is 9.78. The van der Waals surface area contributed by atoms with Gasteiger partial charge in [-0.2, -0.15) is 0 Å². The smallest absolute Gasteiger partial charge is 0.508 e. The Hall–Kier alpha value is -3.23. The Kier molecular flexibility index (Phi) is 8.80. The highest BCUT2D eigenvalue weighted by Gasteiger charge is 2.48. The molecule has 1 aromatic rings. The van der Waals surface area contributed by atoms with Crippen molar-refractivity contribution in [2.45, 2.75) is 12.8 Å². The second-order valence-corrected chi connectivity index (χ2v) is 5.68. The standard InChI is InChI=1S/C19H24O9/c1-24-15-11-14(20)8-7-13(15)12-19(16(21)25-2,17(22)26-3)9-5-6-10-28-18(23)27-4/h5-8,11,20H,9-10,12H2,1-4H3/b6-5+. The molecule has 0 atom stereocenters. The number of esters is 2. The zero-order chi connectivity index (χ0) is 21.2. The van der Waals surface area contributed by atoms with Crippen molar-refractivity contribution in [3.63, 3.8) is 0 Å². The van der Waals surface area contributed by atoms with Gasteiger partial charge in [-0.3, -0.25) is 9.59 Å². The lowest BCUT2D eigenvalue weighted by Crippen LogP contribution is -2.43. The maximum atomic E-state index is 12.6. The maximum Gasteiger partial charge on any atom is 0.508 e. The van der Waals surface area contributed by atoms with Crippen LogP contribution in [0.15, 0.2) is 30.4 Å². The lowest BCUT2D eigenvalue weighted by Gasteiger charge is -2.28. The SMILES string of the molecule is COC(=O)OC/C=C/CC(Cc1ccc(O)cc1OC)(C(=O)OC)C(=O)OC. The van der Waals surface area contributed by atoms with Crippen molar-refractivity contribution in [1.29, 1.82) is 0 Å². The number of hydrogen-bond donors (Lipinski definition) is 1. The van der Waals surface area contributed by atoms with E-state index in [9.17, 15) is 19.5 Å². The van der Waals surface area contributed by atoms with Gasteiger partial charge in [0.1, 0.15) is 18.1 Å². The molecule has 0 fully saturated rings. The lowest BCUT2D eigenvalue weighted by molar-refractivity contribution is -0.169. The number of aromatic hydroxyl groups is 1. The Morgan fingerprint density at radius 1 is 1.00 bits per heavy atom. The van der Waals surface area contributed by atoms with E-state index in [4.69, 9.17) is 18.9 Å². The monoisotopic (exact) mass is 396 g/mol. The average molecular weight is 396 g/mol. The fourth-order valence-electron chi connectivity index (χ4n) is 2.59. The van der Waals surface area contributed by atoms with Crippen LogP contribution in [0.1, 0.15) is 12.0 Å². The summed E-state index contributed by atoms with van der Waals surface area (Å²) in [4.78, 5) is 36.1. The summed E-state index contributed by atoms with van der Waals surface area (Å²) < 4.78 is 24.0. The van der Waals surface area contributed by atoms with Crippen molar-refractivity contribution in [3.05, 3.63) is 35.9 Å². The van der Waals surface area contributed by atoms with Gasteiger partial charge in [0.05, 0.1) is 28.4 Å². The van der Waals surface area contributed by atoms with Crippen LogP contribution >= 0.6 is 0 Å². The molecule has 0 aliphatic heterocycles. The number of phenols is 1. The van der Waals surface area contributed by atoms with Gasteiger partial charge in [-0.1, -0.05) is 18.2 Å². The topological polar surface area (TPSA) is 118 Å². The van der Waals surface area contributed by atoms with Gasteiger partial charge in [0.25, 0.3) is 0 Å². The van der Waals surface area contributed by atoms with Crippen molar-refractivity contribution in [2.75, 3.05) is 35.0 Å². The van der Waals surface area contributed by atoms with E-state index in [-0.39, 0.29) is 25.2 Å². The second-order valence-electron chi connectivity index (χ2n) is 5.68. The molecule has 0 aliphatic rings. The number of hydrogen-bond acceptors (Lipinski definition) is 9. The molecule has 0 spiro atoms. The normalized spacial score (nSPS) is 11.0. The van der Waals surface area contributed by atoms with Gasteiger partial charge in [0.15, 0.2) is 5.41 Å². The molecular formula is C19H24O9. The molecule has 0 heterocycles. The van der Waals surface area contributed by atoms with Gasteiger partial charge in [-0.15, -0.1) is 0 Å². The van der Waals surface area contributed by atoms with Crippen LogP contribution in [0.25, 0.3) is 0 Å². The Morgan fingerprint density at radius 2 is 1.64 bits per heavy atom. The quantitative estimate of drug-likeness (QED) is 0.289. The first kappa shape index (κ1) is 22.8. The number of benzene rings is 1. The zero-order valence-electron chi connectivity index (χ0n) is 16.2. The van der Waals surface area contributed by atoms with Crippen LogP contribution in [0.3, 0.4) is 0 Å². The Morgan fingerprint density at radius 3 is 2.18 bits per heavy atom. The van der Waals surface area contributed by atoms with Crippen molar-refractivity contribution in [1.82, 2.24) is 0 Å². The van der Waals surface area contributed by atoms with Gasteiger partial charge in [-0.05, 0) is 18.1 Å². The highest BCUT2D eigenvalue weighted by molar-refractivity contribution is 6.00.